The summed E-state index contributed by atoms with van der Waals surface area (Å²) in [5.74, 6) is 2.00. The van der Waals surface area contributed by atoms with Gasteiger partial charge in [0, 0.05) is 12.2 Å². The molecule has 4 rings (SSSR count). The number of hydrogen-bond acceptors (Lipinski definition) is 7. The number of nitrogens with zero attached hydrogens (tertiary/aromatic N) is 2. The molecule has 1 atom stereocenters. The number of hydrogen-bond donors (Lipinski definition) is 5. The molecule has 11 heteroatoms. The van der Waals surface area contributed by atoms with Crippen LogP contribution in [-0.4, -0.2) is 38.9 Å². The summed E-state index contributed by atoms with van der Waals surface area (Å²) in [4.78, 5) is 8.89. The molecule has 0 spiro atoms. The molecular weight excluding hydrogens is 488 g/mol. The van der Waals surface area contributed by atoms with Gasteiger partial charge in [-0.1, -0.05) is 29.8 Å². The normalized spacial score (nSPS) is 15.0. The quantitative estimate of drug-likeness (QED) is 0.261. The lowest BCUT2D eigenvalue weighted by molar-refractivity contribution is 0.413. The lowest BCUT2D eigenvalue weighted by atomic mass is 9.87. The standard InChI is InChI=1S/C24H29ClN6O3S/c1-15-11-21(22(34-2)12-18(15)16-7-9-26-10-8-16)30-24-27-14-19(25)23(31-24)29-20-6-4-3-5-17(20)13-28-35(32)33/h3-6,11-12,14,16,26,28H,7-10,13H2,1-2H3,(H,32,33)(H2,27,29,30,31). The predicted molar refractivity (Wildman–Crippen MR) is 140 cm³/mol. The summed E-state index contributed by atoms with van der Waals surface area (Å²) < 4.78 is 28.2. The van der Waals surface area contributed by atoms with Crippen LogP contribution in [-0.2, 0) is 17.8 Å². The minimum atomic E-state index is -2.11. The van der Waals surface area contributed by atoms with Crippen molar-refractivity contribution in [1.29, 1.82) is 0 Å². The smallest absolute Gasteiger partial charge is 0.232 e. The van der Waals surface area contributed by atoms with Crippen LogP contribution in [0.2, 0.25) is 5.02 Å². The number of rotatable bonds is 9. The maximum Gasteiger partial charge on any atom is 0.232 e. The van der Waals surface area contributed by atoms with Crippen molar-refractivity contribution in [1.82, 2.24) is 20.0 Å². The lowest BCUT2D eigenvalue weighted by Gasteiger charge is -2.25. The second-order valence-corrected chi connectivity index (χ2v) is 9.50. The van der Waals surface area contributed by atoms with Crippen LogP contribution in [0.5, 0.6) is 5.75 Å². The van der Waals surface area contributed by atoms with E-state index in [9.17, 15) is 4.21 Å². The number of aromatic nitrogens is 2. The Balaban J connectivity index is 1.57. The van der Waals surface area contributed by atoms with Crippen LogP contribution in [0.1, 0.15) is 35.4 Å². The Bertz CT molecular complexity index is 1210. The Kier molecular flexibility index (Phi) is 8.53. The molecule has 0 saturated carbocycles. The minimum Gasteiger partial charge on any atom is -0.495 e. The fourth-order valence-corrected chi connectivity index (χ4v) is 4.66. The van der Waals surface area contributed by atoms with Crippen LogP contribution in [0.3, 0.4) is 0 Å². The number of ether oxygens (including phenoxy) is 1. The van der Waals surface area contributed by atoms with E-state index < -0.39 is 11.3 Å². The molecule has 0 amide bonds. The Morgan fingerprint density at radius 3 is 2.71 bits per heavy atom. The molecule has 1 aliphatic rings. The number of benzene rings is 2. The van der Waals surface area contributed by atoms with Crippen LogP contribution in [0.25, 0.3) is 0 Å². The zero-order valence-corrected chi connectivity index (χ0v) is 21.2. The summed E-state index contributed by atoms with van der Waals surface area (Å²) >= 11 is 4.26. The van der Waals surface area contributed by atoms with Crippen molar-refractivity contribution in [3.05, 3.63) is 64.3 Å². The molecule has 1 aliphatic heterocycles. The van der Waals surface area contributed by atoms with Crippen LogP contribution in [0, 0.1) is 6.92 Å². The second-order valence-electron chi connectivity index (χ2n) is 8.30. The third-order valence-electron chi connectivity index (χ3n) is 6.01. The molecule has 0 bridgehead atoms. The molecule has 0 aliphatic carbocycles. The van der Waals surface area contributed by atoms with Crippen LogP contribution >= 0.6 is 11.6 Å². The monoisotopic (exact) mass is 516 g/mol. The fourth-order valence-electron chi connectivity index (χ4n) is 4.24. The Morgan fingerprint density at radius 2 is 1.97 bits per heavy atom. The van der Waals surface area contributed by atoms with E-state index in [1.54, 1.807) is 7.11 Å². The topological polar surface area (TPSA) is 120 Å². The summed E-state index contributed by atoms with van der Waals surface area (Å²) in [6, 6.07) is 11.6. The van der Waals surface area contributed by atoms with Crippen LogP contribution < -0.4 is 25.4 Å². The summed E-state index contributed by atoms with van der Waals surface area (Å²) in [7, 11) is 1.65. The molecule has 2 heterocycles. The average molecular weight is 517 g/mol. The van der Waals surface area contributed by atoms with Gasteiger partial charge in [0.15, 0.2) is 5.82 Å². The van der Waals surface area contributed by atoms with E-state index in [1.807, 2.05) is 24.3 Å². The van der Waals surface area contributed by atoms with Crippen molar-refractivity contribution in [3.63, 3.8) is 0 Å². The Hall–Kier alpha value is -2.76. The highest BCUT2D eigenvalue weighted by Gasteiger charge is 2.20. The number of methoxy groups -OCH3 is 1. The first kappa shape index (κ1) is 25.3. The van der Waals surface area contributed by atoms with Crippen LogP contribution in [0.4, 0.5) is 23.1 Å². The maximum absolute atomic E-state index is 11.0. The van der Waals surface area contributed by atoms with Crippen molar-refractivity contribution >= 4 is 46.0 Å². The van der Waals surface area contributed by atoms with E-state index in [4.69, 9.17) is 20.9 Å². The van der Waals surface area contributed by atoms with Gasteiger partial charge in [-0.3, -0.25) is 4.55 Å². The van der Waals surface area contributed by atoms with Gasteiger partial charge in [0.25, 0.3) is 0 Å². The van der Waals surface area contributed by atoms with Crippen molar-refractivity contribution in [2.45, 2.75) is 32.2 Å². The molecule has 1 unspecified atom stereocenters. The predicted octanol–water partition coefficient (Wildman–Crippen LogP) is 4.63. The first-order valence-electron chi connectivity index (χ1n) is 11.3. The van der Waals surface area contributed by atoms with Gasteiger partial charge in [0.1, 0.15) is 10.8 Å². The van der Waals surface area contributed by atoms with Gasteiger partial charge in [-0.25, -0.2) is 13.9 Å². The largest absolute Gasteiger partial charge is 0.495 e. The highest BCUT2D eigenvalue weighted by molar-refractivity contribution is 7.77. The Morgan fingerprint density at radius 1 is 1.20 bits per heavy atom. The van der Waals surface area contributed by atoms with Crippen LogP contribution in [0.15, 0.2) is 42.6 Å². The molecule has 5 N–H and O–H groups in total. The summed E-state index contributed by atoms with van der Waals surface area (Å²) in [6.45, 7) is 4.36. The molecule has 35 heavy (non-hydrogen) atoms. The number of halogens is 1. The molecular formula is C24H29ClN6O3S. The number of piperidine rings is 1. The van der Waals surface area contributed by atoms with Crippen molar-refractivity contribution in [2.75, 3.05) is 30.8 Å². The van der Waals surface area contributed by atoms with Gasteiger partial charge in [-0.2, -0.15) is 4.98 Å². The molecule has 2 aromatic carbocycles. The summed E-state index contributed by atoms with van der Waals surface area (Å²) in [6.07, 6.45) is 3.74. The third kappa shape index (κ3) is 6.47. The average Bonchev–Trinajstić information content (AvgIpc) is 2.86. The summed E-state index contributed by atoms with van der Waals surface area (Å²) in [5.41, 5.74) is 4.75. The lowest BCUT2D eigenvalue weighted by Crippen LogP contribution is -2.27. The van der Waals surface area contributed by atoms with E-state index in [-0.39, 0.29) is 6.54 Å². The van der Waals surface area contributed by atoms with E-state index in [0.29, 0.717) is 28.4 Å². The highest BCUT2D eigenvalue weighted by Crippen LogP contribution is 2.36. The first-order chi connectivity index (χ1) is 16.9. The fraction of sp³-hybridized carbons (Fsp3) is 0.333. The Labute approximate surface area is 212 Å². The minimum absolute atomic E-state index is 0.194. The molecule has 3 aromatic rings. The molecule has 0 radical (unpaired) electrons. The molecule has 9 nitrogen and oxygen atoms in total. The van der Waals surface area contributed by atoms with Gasteiger partial charge >= 0.3 is 0 Å². The zero-order valence-electron chi connectivity index (χ0n) is 19.6. The van der Waals surface area contributed by atoms with Crippen molar-refractivity contribution in [2.24, 2.45) is 0 Å². The van der Waals surface area contributed by atoms with Gasteiger partial charge in [0.05, 0.1) is 19.0 Å². The third-order valence-corrected chi connectivity index (χ3v) is 6.68. The van der Waals surface area contributed by atoms with Gasteiger partial charge in [0.2, 0.25) is 17.2 Å². The van der Waals surface area contributed by atoms with E-state index >= 15 is 0 Å². The van der Waals surface area contributed by atoms with E-state index in [2.05, 4.69) is 49.7 Å². The molecule has 1 fully saturated rings. The first-order valence-corrected chi connectivity index (χ1v) is 12.8. The van der Waals surface area contributed by atoms with E-state index in [1.165, 1.54) is 17.3 Å². The number of nitrogens with one attached hydrogen (secondary N) is 4. The number of para-hydroxylation sites is 1. The molecule has 1 saturated heterocycles. The van der Waals surface area contributed by atoms with Crippen molar-refractivity contribution in [3.8, 4) is 5.75 Å². The number of anilines is 4. The number of aryl methyl sites for hydroxylation is 1. The van der Waals surface area contributed by atoms with E-state index in [0.717, 1.165) is 42.9 Å². The highest BCUT2D eigenvalue weighted by atomic mass is 35.5. The zero-order chi connectivity index (χ0) is 24.8. The van der Waals surface area contributed by atoms with Gasteiger partial charge < -0.3 is 20.7 Å². The SMILES string of the molecule is COc1cc(C2CCNCC2)c(C)cc1Nc1ncc(Cl)c(Nc2ccccc2CNS(=O)O)n1. The van der Waals surface area contributed by atoms with Gasteiger partial charge in [-0.05, 0) is 73.7 Å². The van der Waals surface area contributed by atoms with Crippen molar-refractivity contribution < 1.29 is 13.5 Å². The molecule has 186 valence electrons. The van der Waals surface area contributed by atoms with Gasteiger partial charge in [-0.15, -0.1) is 0 Å². The maximum atomic E-state index is 11.0. The molecule has 1 aromatic heterocycles. The summed E-state index contributed by atoms with van der Waals surface area (Å²) in [5, 5.41) is 10.2. The second kappa shape index (κ2) is 11.8.